The van der Waals surface area contributed by atoms with Crippen LogP contribution in [-0.4, -0.2) is 51.2 Å². The number of nitrogens with zero attached hydrogens (tertiary/aromatic N) is 2. The van der Waals surface area contributed by atoms with E-state index in [0.717, 1.165) is 12.1 Å². The standard InChI is InChI=1S/C24H25F4N5O5S/c1-37-22(34)3-2-14-38-18-8-10-19(11-9-18)39(35,36)30-13-12-29-23-32-20(24(26,27)28)15-21(33-23)31-17-6-4-16(25)5-7-17/h4-11,15,30H,2-3,12-14H2,1H3,(H2,29,31,32,33). The molecule has 0 unspecified atom stereocenters. The summed E-state index contributed by atoms with van der Waals surface area (Å²) in [5, 5.41) is 5.21. The van der Waals surface area contributed by atoms with Gasteiger partial charge in [0.1, 0.15) is 17.4 Å². The molecule has 3 rings (SSSR count). The third kappa shape index (κ3) is 9.37. The largest absolute Gasteiger partial charge is 0.494 e. The lowest BCUT2D eigenvalue weighted by molar-refractivity contribution is -0.141. The summed E-state index contributed by atoms with van der Waals surface area (Å²) in [5.74, 6) is -1.04. The molecule has 0 atom stereocenters. The van der Waals surface area contributed by atoms with E-state index < -0.39 is 27.7 Å². The lowest BCUT2D eigenvalue weighted by Crippen LogP contribution is -2.29. The summed E-state index contributed by atoms with van der Waals surface area (Å²) in [6.45, 7) is -0.0732. The molecular weight excluding hydrogens is 546 g/mol. The molecule has 0 aliphatic carbocycles. The number of hydrogen-bond donors (Lipinski definition) is 3. The van der Waals surface area contributed by atoms with Crippen molar-refractivity contribution in [3.63, 3.8) is 0 Å². The van der Waals surface area contributed by atoms with Crippen LogP contribution in [0.3, 0.4) is 0 Å². The number of aromatic nitrogens is 2. The number of anilines is 3. The molecule has 10 nitrogen and oxygen atoms in total. The first-order valence-electron chi connectivity index (χ1n) is 11.5. The number of carbonyl (C=O) groups is 1. The fraction of sp³-hybridized carbons (Fsp3) is 0.292. The molecule has 0 amide bonds. The van der Waals surface area contributed by atoms with Crippen molar-refractivity contribution >= 4 is 33.4 Å². The molecule has 2 aromatic carbocycles. The molecule has 210 valence electrons. The molecule has 3 N–H and O–H groups in total. The van der Waals surface area contributed by atoms with Gasteiger partial charge in [0.15, 0.2) is 5.69 Å². The first-order valence-corrected chi connectivity index (χ1v) is 13.0. The first kappa shape index (κ1) is 29.6. The van der Waals surface area contributed by atoms with Crippen LogP contribution in [0.1, 0.15) is 18.5 Å². The van der Waals surface area contributed by atoms with Crippen molar-refractivity contribution in [1.82, 2.24) is 14.7 Å². The van der Waals surface area contributed by atoms with Gasteiger partial charge in [-0.1, -0.05) is 0 Å². The fourth-order valence-electron chi connectivity index (χ4n) is 3.08. The van der Waals surface area contributed by atoms with Gasteiger partial charge in [0.2, 0.25) is 16.0 Å². The summed E-state index contributed by atoms with van der Waals surface area (Å²) < 4.78 is 90.5. The smallest absolute Gasteiger partial charge is 0.433 e. The van der Waals surface area contributed by atoms with Crippen LogP contribution in [0.15, 0.2) is 59.5 Å². The Labute approximate surface area is 221 Å². The third-order valence-electron chi connectivity index (χ3n) is 4.99. The van der Waals surface area contributed by atoms with Gasteiger partial charge in [-0.25, -0.2) is 22.5 Å². The van der Waals surface area contributed by atoms with Crippen molar-refractivity contribution in [2.75, 3.05) is 37.4 Å². The average molecular weight is 572 g/mol. The average Bonchev–Trinajstić information content (AvgIpc) is 2.90. The monoisotopic (exact) mass is 571 g/mol. The number of alkyl halides is 3. The van der Waals surface area contributed by atoms with Gasteiger partial charge in [-0.3, -0.25) is 4.79 Å². The van der Waals surface area contributed by atoms with Crippen LogP contribution < -0.4 is 20.1 Å². The molecule has 1 aromatic heterocycles. The number of carbonyl (C=O) groups excluding carboxylic acids is 1. The van der Waals surface area contributed by atoms with Crippen LogP contribution in [-0.2, 0) is 25.7 Å². The highest BCUT2D eigenvalue weighted by Gasteiger charge is 2.33. The molecule has 0 saturated heterocycles. The lowest BCUT2D eigenvalue weighted by atomic mass is 10.3. The number of rotatable bonds is 13. The van der Waals surface area contributed by atoms with E-state index in [-0.39, 0.29) is 48.7 Å². The fourth-order valence-corrected chi connectivity index (χ4v) is 4.12. The number of nitrogens with one attached hydrogen (secondary N) is 3. The van der Waals surface area contributed by atoms with Crippen molar-refractivity contribution < 1.29 is 40.2 Å². The summed E-state index contributed by atoms with van der Waals surface area (Å²) in [6.07, 6.45) is -4.14. The zero-order valence-corrected chi connectivity index (χ0v) is 21.4. The Balaban J connectivity index is 1.55. The Morgan fingerprint density at radius 3 is 2.33 bits per heavy atom. The second-order valence-corrected chi connectivity index (χ2v) is 9.68. The molecule has 3 aromatic rings. The highest BCUT2D eigenvalue weighted by atomic mass is 32.2. The van der Waals surface area contributed by atoms with Crippen LogP contribution >= 0.6 is 0 Å². The van der Waals surface area contributed by atoms with Crippen molar-refractivity contribution in [3.8, 4) is 5.75 Å². The van der Waals surface area contributed by atoms with E-state index in [1.807, 2.05) is 0 Å². The quantitative estimate of drug-likeness (QED) is 0.158. The molecular formula is C24H25F4N5O5S. The van der Waals surface area contributed by atoms with Crippen LogP contribution in [0.2, 0.25) is 0 Å². The number of esters is 1. The number of halogens is 4. The van der Waals surface area contributed by atoms with E-state index >= 15 is 0 Å². The number of benzene rings is 2. The molecule has 39 heavy (non-hydrogen) atoms. The second kappa shape index (κ2) is 13.2. The van der Waals surface area contributed by atoms with Crippen LogP contribution in [0, 0.1) is 5.82 Å². The topological polar surface area (TPSA) is 132 Å². The summed E-state index contributed by atoms with van der Waals surface area (Å²) in [6, 6.07) is 11.2. The summed E-state index contributed by atoms with van der Waals surface area (Å²) in [4.78, 5) is 18.5. The van der Waals surface area contributed by atoms with Crippen LogP contribution in [0.4, 0.5) is 35.0 Å². The predicted octanol–water partition coefficient (Wildman–Crippen LogP) is 4.10. The van der Waals surface area contributed by atoms with E-state index in [0.29, 0.717) is 23.9 Å². The van der Waals surface area contributed by atoms with Gasteiger partial charge in [-0.2, -0.15) is 18.2 Å². The molecule has 15 heteroatoms. The number of methoxy groups -OCH3 is 1. The Morgan fingerprint density at radius 2 is 1.69 bits per heavy atom. The molecule has 0 fully saturated rings. The minimum Gasteiger partial charge on any atom is -0.494 e. The van der Waals surface area contributed by atoms with E-state index in [2.05, 4.69) is 30.1 Å². The minimum atomic E-state index is -4.77. The highest BCUT2D eigenvalue weighted by Crippen LogP contribution is 2.30. The molecule has 0 aliphatic heterocycles. The van der Waals surface area contributed by atoms with E-state index in [1.54, 1.807) is 0 Å². The maximum Gasteiger partial charge on any atom is 0.433 e. The maximum atomic E-state index is 13.3. The Morgan fingerprint density at radius 1 is 1.00 bits per heavy atom. The Kier molecular flexibility index (Phi) is 10.0. The van der Waals surface area contributed by atoms with Gasteiger partial charge in [0.05, 0.1) is 18.6 Å². The second-order valence-electron chi connectivity index (χ2n) is 7.92. The maximum absolute atomic E-state index is 13.3. The number of ether oxygens (including phenoxy) is 2. The molecule has 1 heterocycles. The van der Waals surface area contributed by atoms with Crippen molar-refractivity contribution in [2.24, 2.45) is 0 Å². The highest BCUT2D eigenvalue weighted by molar-refractivity contribution is 7.89. The third-order valence-corrected chi connectivity index (χ3v) is 6.47. The summed E-state index contributed by atoms with van der Waals surface area (Å²) in [7, 11) is -2.64. The van der Waals surface area contributed by atoms with E-state index in [9.17, 15) is 30.8 Å². The van der Waals surface area contributed by atoms with Gasteiger partial charge in [0.25, 0.3) is 0 Å². The van der Waals surface area contributed by atoms with Crippen molar-refractivity contribution in [3.05, 3.63) is 66.1 Å². The van der Waals surface area contributed by atoms with E-state index in [4.69, 9.17) is 4.74 Å². The molecule has 0 saturated carbocycles. The van der Waals surface area contributed by atoms with Gasteiger partial charge >= 0.3 is 12.1 Å². The van der Waals surface area contributed by atoms with Gasteiger partial charge in [-0.05, 0) is 55.0 Å². The van der Waals surface area contributed by atoms with Crippen LogP contribution in [0.5, 0.6) is 5.75 Å². The zero-order chi connectivity index (χ0) is 28.5. The van der Waals surface area contributed by atoms with Gasteiger partial charge < -0.3 is 20.1 Å². The SMILES string of the molecule is COC(=O)CCCOc1ccc(S(=O)(=O)NCCNc2nc(Nc3ccc(F)cc3)cc(C(F)(F)F)n2)cc1. The number of hydrogen-bond acceptors (Lipinski definition) is 9. The van der Waals surface area contributed by atoms with Gasteiger partial charge in [0, 0.05) is 31.3 Å². The molecule has 0 bridgehead atoms. The zero-order valence-electron chi connectivity index (χ0n) is 20.6. The minimum absolute atomic E-state index is 0.0505. The van der Waals surface area contributed by atoms with E-state index in [1.165, 1.54) is 43.5 Å². The summed E-state index contributed by atoms with van der Waals surface area (Å²) in [5.41, 5.74) is -0.919. The van der Waals surface area contributed by atoms with Crippen molar-refractivity contribution in [2.45, 2.75) is 23.9 Å². The van der Waals surface area contributed by atoms with Crippen LogP contribution in [0.25, 0.3) is 0 Å². The Hall–Kier alpha value is -3.98. The molecule has 0 spiro atoms. The van der Waals surface area contributed by atoms with Crippen molar-refractivity contribution in [1.29, 1.82) is 0 Å². The normalized spacial score (nSPS) is 11.6. The van der Waals surface area contributed by atoms with Gasteiger partial charge in [-0.15, -0.1) is 0 Å². The lowest BCUT2D eigenvalue weighted by Gasteiger charge is -2.13. The predicted molar refractivity (Wildman–Crippen MR) is 134 cm³/mol. The first-order chi connectivity index (χ1) is 18.5. The number of sulfonamides is 1. The summed E-state index contributed by atoms with van der Waals surface area (Å²) >= 11 is 0. The molecule has 0 aliphatic rings. The Bertz CT molecular complexity index is 1350. The molecule has 0 radical (unpaired) electrons.